The van der Waals surface area contributed by atoms with Crippen LogP contribution in [0.4, 0.5) is 5.82 Å². The monoisotopic (exact) mass is 312 g/mol. The molecule has 1 aromatic rings. The lowest BCUT2D eigenvalue weighted by molar-refractivity contribution is 0.317. The predicted octanol–water partition coefficient (Wildman–Crippen LogP) is 2.26. The Labute approximate surface area is 115 Å². The minimum Gasteiger partial charge on any atom is -0.409 e. The third kappa shape index (κ3) is 3.13. The van der Waals surface area contributed by atoms with Crippen LogP contribution in [0.5, 0.6) is 0 Å². The second kappa shape index (κ2) is 5.56. The Bertz CT molecular complexity index is 459. The molecule has 0 spiro atoms. The van der Waals surface area contributed by atoms with E-state index in [-0.39, 0.29) is 5.84 Å². The highest BCUT2D eigenvalue weighted by molar-refractivity contribution is 9.10. The first-order chi connectivity index (χ1) is 8.61. The van der Waals surface area contributed by atoms with Crippen LogP contribution in [-0.2, 0) is 0 Å². The highest BCUT2D eigenvalue weighted by Crippen LogP contribution is 2.31. The van der Waals surface area contributed by atoms with Crippen molar-refractivity contribution in [1.82, 2.24) is 4.98 Å². The number of nitrogens with two attached hydrogens (primary N) is 1. The molecule has 1 heterocycles. The lowest BCUT2D eigenvalue weighted by Crippen LogP contribution is -2.31. The molecule has 3 N–H and O–H groups in total. The molecule has 1 fully saturated rings. The Hall–Kier alpha value is -1.30. The van der Waals surface area contributed by atoms with Crippen molar-refractivity contribution in [3.8, 4) is 0 Å². The van der Waals surface area contributed by atoms with Crippen molar-refractivity contribution in [2.75, 3.05) is 11.4 Å². The summed E-state index contributed by atoms with van der Waals surface area (Å²) in [6.07, 6.45) is 2.92. The summed E-state index contributed by atoms with van der Waals surface area (Å²) in [5.74, 6) is 1.22. The number of nitrogens with zero attached hydrogens (tertiary/aromatic N) is 3. The van der Waals surface area contributed by atoms with E-state index in [0.717, 1.165) is 22.5 Å². The number of anilines is 1. The van der Waals surface area contributed by atoms with E-state index in [1.165, 1.54) is 12.8 Å². The molecular weight excluding hydrogens is 296 g/mol. The second-order valence-corrected chi connectivity index (χ2v) is 5.36. The van der Waals surface area contributed by atoms with Crippen molar-refractivity contribution < 1.29 is 5.21 Å². The van der Waals surface area contributed by atoms with E-state index in [1.807, 2.05) is 19.1 Å². The molecule has 0 bridgehead atoms. The molecule has 0 unspecified atom stereocenters. The molecule has 6 heteroatoms. The van der Waals surface area contributed by atoms with Crippen LogP contribution >= 0.6 is 15.9 Å². The van der Waals surface area contributed by atoms with Gasteiger partial charge in [0.1, 0.15) is 11.7 Å². The molecule has 98 valence electrons. The number of halogens is 1. The summed E-state index contributed by atoms with van der Waals surface area (Å²) in [6.45, 7) is 2.71. The lowest BCUT2D eigenvalue weighted by Gasteiger charge is -2.23. The summed E-state index contributed by atoms with van der Waals surface area (Å²) < 4.78 is 1.01. The summed E-state index contributed by atoms with van der Waals surface area (Å²) in [6, 6.07) is 4.56. The predicted molar refractivity (Wildman–Crippen MR) is 75.1 cm³/mol. The van der Waals surface area contributed by atoms with E-state index in [0.29, 0.717) is 12.5 Å². The molecule has 0 atom stereocenters. The van der Waals surface area contributed by atoms with Gasteiger partial charge in [-0.1, -0.05) is 5.16 Å². The number of hydrogen-bond acceptors (Lipinski definition) is 4. The van der Waals surface area contributed by atoms with Gasteiger partial charge in [0, 0.05) is 23.5 Å². The zero-order valence-electron chi connectivity index (χ0n) is 10.3. The van der Waals surface area contributed by atoms with Gasteiger partial charge in [-0.15, -0.1) is 0 Å². The van der Waals surface area contributed by atoms with Gasteiger partial charge < -0.3 is 15.8 Å². The molecule has 1 saturated carbocycles. The molecule has 0 radical (unpaired) electrons. The van der Waals surface area contributed by atoms with Crippen LogP contribution in [0.2, 0.25) is 0 Å². The van der Waals surface area contributed by atoms with Crippen LogP contribution < -0.4 is 10.6 Å². The van der Waals surface area contributed by atoms with E-state index in [1.54, 1.807) is 0 Å². The van der Waals surface area contributed by atoms with E-state index in [4.69, 9.17) is 10.9 Å². The van der Waals surface area contributed by atoms with Crippen LogP contribution in [0.15, 0.2) is 21.8 Å². The molecule has 5 nitrogen and oxygen atoms in total. The third-order valence-electron chi connectivity index (χ3n) is 3.03. The van der Waals surface area contributed by atoms with Gasteiger partial charge in [0.05, 0.1) is 5.69 Å². The molecule has 0 amide bonds. The molecule has 1 aliphatic carbocycles. The smallest absolute Gasteiger partial charge is 0.140 e. The van der Waals surface area contributed by atoms with Gasteiger partial charge in [0.2, 0.25) is 0 Å². The van der Waals surface area contributed by atoms with Crippen molar-refractivity contribution in [2.45, 2.75) is 32.2 Å². The van der Waals surface area contributed by atoms with E-state index >= 15 is 0 Å². The number of amidine groups is 1. The van der Waals surface area contributed by atoms with Gasteiger partial charge in [0.15, 0.2) is 0 Å². The zero-order valence-corrected chi connectivity index (χ0v) is 11.9. The van der Waals surface area contributed by atoms with E-state index in [9.17, 15) is 0 Å². The van der Waals surface area contributed by atoms with Crippen molar-refractivity contribution >= 4 is 27.6 Å². The van der Waals surface area contributed by atoms with E-state index < -0.39 is 0 Å². The summed E-state index contributed by atoms with van der Waals surface area (Å²) in [4.78, 5) is 6.81. The van der Waals surface area contributed by atoms with Gasteiger partial charge in [-0.25, -0.2) is 4.98 Å². The molecule has 2 rings (SSSR count). The lowest BCUT2D eigenvalue weighted by atomic mass is 10.3. The third-order valence-corrected chi connectivity index (χ3v) is 3.86. The summed E-state index contributed by atoms with van der Waals surface area (Å²) in [5.41, 5.74) is 6.49. The fraction of sp³-hybridized carbons (Fsp3) is 0.500. The van der Waals surface area contributed by atoms with Gasteiger partial charge in [-0.3, -0.25) is 0 Å². The first-order valence-electron chi connectivity index (χ1n) is 5.98. The summed E-state index contributed by atoms with van der Waals surface area (Å²) >= 11 is 3.45. The van der Waals surface area contributed by atoms with Crippen LogP contribution in [0, 0.1) is 6.92 Å². The molecule has 18 heavy (non-hydrogen) atoms. The minimum atomic E-state index is 0.259. The highest BCUT2D eigenvalue weighted by Gasteiger charge is 2.30. The van der Waals surface area contributed by atoms with Gasteiger partial charge in [-0.05, 0) is 47.8 Å². The first kappa shape index (κ1) is 13.1. The topological polar surface area (TPSA) is 74.7 Å². The molecule has 0 aromatic carbocycles. The Morgan fingerprint density at radius 1 is 1.61 bits per heavy atom. The van der Waals surface area contributed by atoms with Crippen LogP contribution in [0.1, 0.15) is 25.0 Å². The maximum atomic E-state index is 8.58. The van der Waals surface area contributed by atoms with Gasteiger partial charge >= 0.3 is 0 Å². The van der Waals surface area contributed by atoms with Crippen LogP contribution in [0.3, 0.4) is 0 Å². The number of oxime groups is 1. The molecule has 1 aromatic heterocycles. The number of aromatic nitrogens is 1. The van der Waals surface area contributed by atoms with Crippen LogP contribution in [0.25, 0.3) is 0 Å². The molecular formula is C12H17BrN4O. The number of pyridine rings is 1. The Morgan fingerprint density at radius 2 is 2.33 bits per heavy atom. The molecule has 1 aliphatic rings. The van der Waals surface area contributed by atoms with Crippen LogP contribution in [-0.4, -0.2) is 28.6 Å². The Kier molecular flexibility index (Phi) is 4.06. The fourth-order valence-electron chi connectivity index (χ4n) is 1.85. The van der Waals surface area contributed by atoms with Gasteiger partial charge in [-0.2, -0.15) is 0 Å². The van der Waals surface area contributed by atoms with Gasteiger partial charge in [0.25, 0.3) is 0 Å². The number of hydrogen-bond donors (Lipinski definition) is 2. The Balaban J connectivity index is 2.11. The average molecular weight is 313 g/mol. The number of aryl methyl sites for hydroxylation is 1. The van der Waals surface area contributed by atoms with Crippen molar-refractivity contribution in [2.24, 2.45) is 10.9 Å². The quantitative estimate of drug-likeness (QED) is 0.378. The molecule has 0 saturated heterocycles. The first-order valence-corrected chi connectivity index (χ1v) is 6.77. The van der Waals surface area contributed by atoms with Crippen molar-refractivity contribution in [3.05, 3.63) is 22.3 Å². The number of rotatable bonds is 5. The van der Waals surface area contributed by atoms with E-state index in [2.05, 4.69) is 31.0 Å². The SMILES string of the molecule is Cc1nc(N(CC/C(N)=N/O)C2CC2)ccc1Br. The van der Waals surface area contributed by atoms with Crippen molar-refractivity contribution in [3.63, 3.8) is 0 Å². The largest absolute Gasteiger partial charge is 0.409 e. The molecule has 0 aliphatic heterocycles. The average Bonchev–Trinajstić information content (AvgIpc) is 3.18. The summed E-state index contributed by atoms with van der Waals surface area (Å²) in [7, 11) is 0. The highest BCUT2D eigenvalue weighted by atomic mass is 79.9. The zero-order chi connectivity index (χ0) is 13.1. The standard InChI is InChI=1S/C12H17BrN4O/c1-8-10(13)4-5-12(15-8)17(9-2-3-9)7-6-11(14)16-18/h4-5,9,18H,2-3,6-7H2,1H3,(H2,14,16). The Morgan fingerprint density at radius 3 is 2.89 bits per heavy atom. The second-order valence-electron chi connectivity index (χ2n) is 4.50. The fourth-order valence-corrected chi connectivity index (χ4v) is 2.07. The maximum absolute atomic E-state index is 8.58. The normalized spacial score (nSPS) is 15.8. The summed E-state index contributed by atoms with van der Waals surface area (Å²) in [5, 5.41) is 11.6. The van der Waals surface area contributed by atoms with Crippen molar-refractivity contribution in [1.29, 1.82) is 0 Å². The maximum Gasteiger partial charge on any atom is 0.140 e. The minimum absolute atomic E-state index is 0.259.